The third kappa shape index (κ3) is 2.58. The lowest BCUT2D eigenvalue weighted by atomic mass is 10.1. The van der Waals surface area contributed by atoms with E-state index in [0.29, 0.717) is 25.7 Å². The predicted octanol–water partition coefficient (Wildman–Crippen LogP) is 2.53. The molecule has 1 aromatic heterocycles. The molecular weight excluding hydrogens is 266 g/mol. The maximum atomic E-state index is 5.89. The van der Waals surface area contributed by atoms with Crippen molar-refractivity contribution >= 4 is 11.0 Å². The van der Waals surface area contributed by atoms with E-state index < -0.39 is 0 Å². The minimum absolute atomic E-state index is 0.214. The lowest BCUT2D eigenvalue weighted by Crippen LogP contribution is -2.19. The van der Waals surface area contributed by atoms with Gasteiger partial charge in [0.05, 0.1) is 11.0 Å². The molecule has 0 saturated carbocycles. The van der Waals surface area contributed by atoms with Crippen LogP contribution in [0.2, 0.25) is 0 Å². The van der Waals surface area contributed by atoms with Gasteiger partial charge in [-0.3, -0.25) is 0 Å². The van der Waals surface area contributed by atoms with Crippen LogP contribution in [0.25, 0.3) is 11.0 Å². The lowest BCUT2D eigenvalue weighted by Gasteiger charge is -2.20. The van der Waals surface area contributed by atoms with Gasteiger partial charge < -0.3 is 19.8 Å². The van der Waals surface area contributed by atoms with Crippen molar-refractivity contribution in [3.8, 4) is 11.5 Å². The van der Waals surface area contributed by atoms with Gasteiger partial charge in [0.25, 0.3) is 0 Å². The van der Waals surface area contributed by atoms with Crippen molar-refractivity contribution in [1.29, 1.82) is 0 Å². The Morgan fingerprint density at radius 3 is 2.48 bits per heavy atom. The molecule has 1 aliphatic heterocycles. The zero-order valence-corrected chi connectivity index (χ0v) is 12.9. The Morgan fingerprint density at radius 1 is 1.19 bits per heavy atom. The molecule has 2 aromatic rings. The van der Waals surface area contributed by atoms with E-state index in [4.69, 9.17) is 20.2 Å². The van der Waals surface area contributed by atoms with Crippen LogP contribution >= 0.6 is 0 Å². The highest BCUT2D eigenvalue weighted by Crippen LogP contribution is 2.36. The van der Waals surface area contributed by atoms with Gasteiger partial charge in [0.1, 0.15) is 19.0 Å². The topological polar surface area (TPSA) is 62.3 Å². The van der Waals surface area contributed by atoms with Gasteiger partial charge in [-0.15, -0.1) is 0 Å². The van der Waals surface area contributed by atoms with E-state index in [9.17, 15) is 0 Å². The summed E-state index contributed by atoms with van der Waals surface area (Å²) in [5.74, 6) is 3.22. The number of nitrogens with zero attached hydrogens (tertiary/aromatic N) is 2. The van der Waals surface area contributed by atoms with Crippen LogP contribution in [0, 0.1) is 5.92 Å². The van der Waals surface area contributed by atoms with Crippen LogP contribution < -0.4 is 15.2 Å². The largest absolute Gasteiger partial charge is 0.486 e. The predicted molar refractivity (Wildman–Crippen MR) is 83.0 cm³/mol. The molecule has 2 N–H and O–H groups in total. The summed E-state index contributed by atoms with van der Waals surface area (Å²) in [5, 5.41) is 0. The van der Waals surface area contributed by atoms with Crippen LogP contribution in [0.4, 0.5) is 0 Å². The van der Waals surface area contributed by atoms with Gasteiger partial charge in [0, 0.05) is 31.1 Å². The molecule has 0 amide bonds. The summed E-state index contributed by atoms with van der Waals surface area (Å²) in [6.45, 7) is 8.31. The van der Waals surface area contributed by atoms with Crippen LogP contribution in [0.3, 0.4) is 0 Å². The Hall–Kier alpha value is -1.75. The quantitative estimate of drug-likeness (QED) is 0.939. The Labute approximate surface area is 125 Å². The summed E-state index contributed by atoms with van der Waals surface area (Å²) >= 11 is 0. The van der Waals surface area contributed by atoms with Crippen molar-refractivity contribution in [2.45, 2.75) is 33.2 Å². The molecule has 5 heteroatoms. The summed E-state index contributed by atoms with van der Waals surface area (Å²) in [6.07, 6.45) is 0.936. The fourth-order valence-corrected chi connectivity index (χ4v) is 2.79. The smallest absolute Gasteiger partial charge is 0.163 e. The molecule has 2 heterocycles. The Morgan fingerprint density at radius 2 is 1.86 bits per heavy atom. The fraction of sp³-hybridized carbons (Fsp3) is 0.562. The number of imidazole rings is 1. The molecule has 1 aromatic carbocycles. The van der Waals surface area contributed by atoms with Gasteiger partial charge >= 0.3 is 0 Å². The zero-order chi connectivity index (χ0) is 15.0. The highest BCUT2D eigenvalue weighted by atomic mass is 16.6. The number of fused-ring (bicyclic) bond motifs is 2. The number of rotatable bonds is 4. The molecule has 0 bridgehead atoms. The van der Waals surface area contributed by atoms with Gasteiger partial charge in [0.15, 0.2) is 11.5 Å². The van der Waals surface area contributed by atoms with Gasteiger partial charge in [-0.25, -0.2) is 4.98 Å². The van der Waals surface area contributed by atoms with Crippen molar-refractivity contribution in [2.24, 2.45) is 11.7 Å². The van der Waals surface area contributed by atoms with E-state index in [2.05, 4.69) is 25.3 Å². The standard InChI is InChI=1S/C16H23N3O2/c1-10(2)6-16-18-12-7-14-15(21-5-4-20-14)8-13(12)19(16)11(3)9-17/h7-8,10-11H,4-6,9,17H2,1-3H3. The molecule has 0 aliphatic carbocycles. The first kappa shape index (κ1) is 14.2. The third-order valence-corrected chi connectivity index (χ3v) is 3.80. The van der Waals surface area contributed by atoms with Gasteiger partial charge in [-0.05, 0) is 12.8 Å². The van der Waals surface area contributed by atoms with Crippen molar-refractivity contribution < 1.29 is 9.47 Å². The summed E-state index contributed by atoms with van der Waals surface area (Å²) < 4.78 is 13.6. The molecule has 0 saturated heterocycles. The third-order valence-electron chi connectivity index (χ3n) is 3.80. The maximum Gasteiger partial charge on any atom is 0.163 e. The van der Waals surface area contributed by atoms with E-state index >= 15 is 0 Å². The summed E-state index contributed by atoms with van der Waals surface area (Å²) in [6, 6.07) is 4.23. The Balaban J connectivity index is 2.17. The SMILES string of the molecule is CC(C)Cc1nc2cc3c(cc2n1C(C)CN)OCCO3. The van der Waals surface area contributed by atoms with E-state index in [-0.39, 0.29) is 6.04 Å². The second-order valence-electron chi connectivity index (χ2n) is 6.07. The minimum atomic E-state index is 0.214. The van der Waals surface area contributed by atoms with Crippen molar-refractivity contribution in [1.82, 2.24) is 9.55 Å². The average molecular weight is 289 g/mol. The lowest BCUT2D eigenvalue weighted by molar-refractivity contribution is 0.172. The summed E-state index contributed by atoms with van der Waals surface area (Å²) in [7, 11) is 0. The van der Waals surface area contributed by atoms with Gasteiger partial charge in [-0.2, -0.15) is 0 Å². The van der Waals surface area contributed by atoms with E-state index in [1.54, 1.807) is 0 Å². The molecule has 1 unspecified atom stereocenters. The first-order chi connectivity index (χ1) is 10.1. The van der Waals surface area contributed by atoms with E-state index in [1.807, 2.05) is 12.1 Å². The normalized spacial score (nSPS) is 15.7. The molecule has 21 heavy (non-hydrogen) atoms. The average Bonchev–Trinajstić information content (AvgIpc) is 2.79. The zero-order valence-electron chi connectivity index (χ0n) is 12.9. The fourth-order valence-electron chi connectivity index (χ4n) is 2.79. The summed E-state index contributed by atoms with van der Waals surface area (Å²) in [5.41, 5.74) is 7.92. The molecule has 1 atom stereocenters. The van der Waals surface area contributed by atoms with Crippen LogP contribution in [0.15, 0.2) is 12.1 Å². The maximum absolute atomic E-state index is 5.89. The van der Waals surface area contributed by atoms with Crippen molar-refractivity contribution in [3.63, 3.8) is 0 Å². The number of aromatic nitrogens is 2. The number of hydrogen-bond acceptors (Lipinski definition) is 4. The molecule has 0 radical (unpaired) electrons. The van der Waals surface area contributed by atoms with Crippen LogP contribution in [0.1, 0.15) is 32.6 Å². The molecule has 0 fully saturated rings. The Kier molecular flexibility index (Phi) is 3.76. The summed E-state index contributed by atoms with van der Waals surface area (Å²) in [4.78, 5) is 4.80. The number of nitrogens with two attached hydrogens (primary N) is 1. The molecule has 1 aliphatic rings. The number of ether oxygens (including phenoxy) is 2. The monoisotopic (exact) mass is 289 g/mol. The first-order valence-electron chi connectivity index (χ1n) is 7.60. The van der Waals surface area contributed by atoms with Crippen LogP contribution in [-0.4, -0.2) is 29.3 Å². The molecule has 5 nitrogen and oxygen atoms in total. The molecule has 3 rings (SSSR count). The highest BCUT2D eigenvalue weighted by molar-refractivity contribution is 5.81. The molecule has 114 valence electrons. The van der Waals surface area contributed by atoms with Crippen molar-refractivity contribution in [2.75, 3.05) is 19.8 Å². The molecule has 0 spiro atoms. The second kappa shape index (κ2) is 5.56. The first-order valence-corrected chi connectivity index (χ1v) is 7.60. The molecular formula is C16H23N3O2. The van der Waals surface area contributed by atoms with Gasteiger partial charge in [-0.1, -0.05) is 13.8 Å². The van der Waals surface area contributed by atoms with Gasteiger partial charge in [0.2, 0.25) is 0 Å². The van der Waals surface area contributed by atoms with Crippen LogP contribution in [-0.2, 0) is 6.42 Å². The number of benzene rings is 1. The highest BCUT2D eigenvalue weighted by Gasteiger charge is 2.20. The van der Waals surface area contributed by atoms with E-state index in [0.717, 1.165) is 34.8 Å². The Bertz CT molecular complexity index is 648. The van der Waals surface area contributed by atoms with Crippen LogP contribution in [0.5, 0.6) is 11.5 Å². The van der Waals surface area contributed by atoms with Crippen molar-refractivity contribution in [3.05, 3.63) is 18.0 Å². The van der Waals surface area contributed by atoms with E-state index in [1.165, 1.54) is 0 Å². The second-order valence-corrected chi connectivity index (χ2v) is 6.07. The minimum Gasteiger partial charge on any atom is -0.486 e. The number of hydrogen-bond donors (Lipinski definition) is 1.